The van der Waals surface area contributed by atoms with Gasteiger partial charge in [0, 0.05) is 19.4 Å². The Hall–Kier alpha value is -1.62. The summed E-state index contributed by atoms with van der Waals surface area (Å²) in [4.78, 5) is 0. The SMILES string of the molecule is Cc1ccc(C2OC(C)(C)Oc3cc(CO)cc(Cl)c32)cc1F. The second kappa shape index (κ2) is 5.78. The molecule has 0 fully saturated rings. The van der Waals surface area contributed by atoms with Crippen molar-refractivity contribution in [3.8, 4) is 5.75 Å². The Morgan fingerprint density at radius 3 is 2.65 bits per heavy atom. The lowest BCUT2D eigenvalue weighted by atomic mass is 9.96. The van der Waals surface area contributed by atoms with Crippen molar-refractivity contribution in [2.75, 3.05) is 0 Å². The van der Waals surface area contributed by atoms with Crippen LogP contribution in [0.15, 0.2) is 30.3 Å². The highest BCUT2D eigenvalue weighted by Gasteiger charge is 2.37. The Labute approximate surface area is 139 Å². The highest BCUT2D eigenvalue weighted by Crippen LogP contribution is 2.46. The fourth-order valence-electron chi connectivity index (χ4n) is 2.71. The van der Waals surface area contributed by atoms with Crippen molar-refractivity contribution in [1.29, 1.82) is 0 Å². The average Bonchev–Trinajstić information content (AvgIpc) is 2.47. The molecule has 2 aromatic carbocycles. The van der Waals surface area contributed by atoms with Gasteiger partial charge in [-0.1, -0.05) is 23.7 Å². The zero-order valence-corrected chi connectivity index (χ0v) is 13.9. The zero-order chi connectivity index (χ0) is 16.8. The summed E-state index contributed by atoms with van der Waals surface area (Å²) >= 11 is 6.37. The Balaban J connectivity index is 2.17. The van der Waals surface area contributed by atoms with E-state index < -0.39 is 11.9 Å². The van der Waals surface area contributed by atoms with Gasteiger partial charge < -0.3 is 14.6 Å². The largest absolute Gasteiger partial charge is 0.462 e. The normalized spacial score (nSPS) is 19.1. The summed E-state index contributed by atoms with van der Waals surface area (Å²) in [7, 11) is 0. The molecule has 0 radical (unpaired) electrons. The molecule has 1 unspecified atom stereocenters. The molecule has 122 valence electrons. The Bertz CT molecular complexity index is 758. The van der Waals surface area contributed by atoms with Crippen LogP contribution in [0.3, 0.4) is 0 Å². The van der Waals surface area contributed by atoms with Crippen LogP contribution < -0.4 is 4.74 Å². The highest BCUT2D eigenvalue weighted by molar-refractivity contribution is 6.31. The van der Waals surface area contributed by atoms with Gasteiger partial charge in [0.05, 0.1) is 11.6 Å². The molecular weight excluding hydrogens is 319 g/mol. The predicted molar refractivity (Wildman–Crippen MR) is 86.1 cm³/mol. The van der Waals surface area contributed by atoms with Crippen LogP contribution in [0.1, 0.15) is 42.2 Å². The van der Waals surface area contributed by atoms with Gasteiger partial charge in [-0.3, -0.25) is 0 Å². The van der Waals surface area contributed by atoms with E-state index in [-0.39, 0.29) is 12.4 Å². The summed E-state index contributed by atoms with van der Waals surface area (Å²) in [6.45, 7) is 5.14. The molecule has 5 heteroatoms. The molecule has 0 aliphatic carbocycles. The van der Waals surface area contributed by atoms with Crippen LogP contribution in [0, 0.1) is 12.7 Å². The number of aliphatic hydroxyl groups excluding tert-OH is 1. The number of ether oxygens (including phenoxy) is 2. The van der Waals surface area contributed by atoms with Crippen LogP contribution in [-0.2, 0) is 11.3 Å². The Morgan fingerprint density at radius 1 is 1.26 bits per heavy atom. The summed E-state index contributed by atoms with van der Waals surface area (Å²) in [6.07, 6.45) is -0.538. The van der Waals surface area contributed by atoms with E-state index >= 15 is 0 Å². The average molecular weight is 337 g/mol. The van der Waals surface area contributed by atoms with E-state index in [2.05, 4.69) is 0 Å². The maximum atomic E-state index is 14.0. The van der Waals surface area contributed by atoms with Crippen molar-refractivity contribution in [3.05, 3.63) is 63.4 Å². The molecule has 3 rings (SSSR count). The van der Waals surface area contributed by atoms with Crippen molar-refractivity contribution in [2.24, 2.45) is 0 Å². The second-order valence-electron chi connectivity index (χ2n) is 6.16. The van der Waals surface area contributed by atoms with E-state index in [1.807, 2.05) is 6.07 Å². The number of fused-ring (bicyclic) bond motifs is 1. The minimum atomic E-state index is -0.892. The molecule has 1 heterocycles. The molecule has 0 amide bonds. The first kappa shape index (κ1) is 16.2. The number of aliphatic hydroxyl groups is 1. The van der Waals surface area contributed by atoms with Crippen LogP contribution in [0.4, 0.5) is 4.39 Å². The van der Waals surface area contributed by atoms with Crippen LogP contribution >= 0.6 is 11.6 Å². The minimum absolute atomic E-state index is 0.137. The number of rotatable bonds is 2. The van der Waals surface area contributed by atoms with Crippen molar-refractivity contribution in [1.82, 2.24) is 0 Å². The molecular formula is C18H18ClFO3. The Morgan fingerprint density at radius 2 is 2.00 bits per heavy atom. The number of benzene rings is 2. The lowest BCUT2D eigenvalue weighted by molar-refractivity contribution is -0.196. The maximum absolute atomic E-state index is 14.0. The first-order valence-corrected chi connectivity index (χ1v) is 7.74. The third-order valence-corrected chi connectivity index (χ3v) is 4.16. The number of hydrogen-bond acceptors (Lipinski definition) is 3. The summed E-state index contributed by atoms with van der Waals surface area (Å²) in [5.41, 5.74) is 2.54. The van der Waals surface area contributed by atoms with E-state index in [0.29, 0.717) is 33.0 Å². The number of halogens is 2. The van der Waals surface area contributed by atoms with Gasteiger partial charge in [-0.15, -0.1) is 0 Å². The van der Waals surface area contributed by atoms with Crippen molar-refractivity contribution in [3.63, 3.8) is 0 Å². The van der Waals surface area contributed by atoms with Crippen molar-refractivity contribution < 1.29 is 19.0 Å². The third-order valence-electron chi connectivity index (χ3n) is 3.85. The predicted octanol–water partition coefficient (Wildman–Crippen LogP) is 4.51. The molecule has 0 aromatic heterocycles. The molecule has 3 nitrogen and oxygen atoms in total. The standard InChI is InChI=1S/C18H18ClFO3/c1-10-4-5-12(8-14(10)20)17-16-13(19)6-11(9-21)7-15(16)22-18(2,3)23-17/h4-8,17,21H,9H2,1-3H3. The van der Waals surface area contributed by atoms with Gasteiger partial charge in [0.1, 0.15) is 17.7 Å². The van der Waals surface area contributed by atoms with Crippen LogP contribution in [-0.4, -0.2) is 10.9 Å². The number of aryl methyl sites for hydroxylation is 1. The summed E-state index contributed by atoms with van der Waals surface area (Å²) < 4.78 is 25.8. The second-order valence-corrected chi connectivity index (χ2v) is 6.56. The maximum Gasteiger partial charge on any atom is 0.205 e. The van der Waals surface area contributed by atoms with Crippen LogP contribution in [0.5, 0.6) is 5.75 Å². The molecule has 0 bridgehead atoms. The van der Waals surface area contributed by atoms with E-state index in [9.17, 15) is 9.50 Å². The van der Waals surface area contributed by atoms with E-state index in [4.69, 9.17) is 21.1 Å². The fourth-order valence-corrected chi connectivity index (χ4v) is 3.05. The van der Waals surface area contributed by atoms with Gasteiger partial charge in [-0.05, 0) is 41.8 Å². The van der Waals surface area contributed by atoms with Crippen LogP contribution in [0.2, 0.25) is 5.02 Å². The lowest BCUT2D eigenvalue weighted by Gasteiger charge is -2.38. The smallest absolute Gasteiger partial charge is 0.205 e. The van der Waals surface area contributed by atoms with Gasteiger partial charge in [-0.25, -0.2) is 4.39 Å². The highest BCUT2D eigenvalue weighted by atomic mass is 35.5. The molecule has 1 aliphatic heterocycles. The first-order chi connectivity index (χ1) is 10.8. The summed E-state index contributed by atoms with van der Waals surface area (Å²) in [5.74, 6) is -0.639. The quantitative estimate of drug-likeness (QED) is 0.876. The van der Waals surface area contributed by atoms with Gasteiger partial charge in [-0.2, -0.15) is 0 Å². The minimum Gasteiger partial charge on any atom is -0.462 e. The Kier molecular flexibility index (Phi) is 4.08. The molecule has 23 heavy (non-hydrogen) atoms. The number of hydrogen-bond donors (Lipinski definition) is 1. The molecule has 1 atom stereocenters. The molecule has 0 saturated heterocycles. The first-order valence-electron chi connectivity index (χ1n) is 7.37. The summed E-state index contributed by atoms with van der Waals surface area (Å²) in [6, 6.07) is 8.41. The van der Waals surface area contributed by atoms with Crippen molar-refractivity contribution >= 4 is 11.6 Å². The zero-order valence-electron chi connectivity index (χ0n) is 13.2. The van der Waals surface area contributed by atoms with Gasteiger partial charge in [0.15, 0.2) is 0 Å². The van der Waals surface area contributed by atoms with E-state index in [1.165, 1.54) is 6.07 Å². The lowest BCUT2D eigenvalue weighted by Crippen LogP contribution is -2.38. The topological polar surface area (TPSA) is 38.7 Å². The third kappa shape index (κ3) is 3.07. The van der Waals surface area contributed by atoms with E-state index in [0.717, 1.165) is 0 Å². The van der Waals surface area contributed by atoms with Crippen LogP contribution in [0.25, 0.3) is 0 Å². The van der Waals surface area contributed by atoms with E-state index in [1.54, 1.807) is 39.0 Å². The summed E-state index contributed by atoms with van der Waals surface area (Å²) in [5, 5.41) is 9.77. The molecule has 2 aromatic rings. The molecule has 1 aliphatic rings. The van der Waals surface area contributed by atoms with Gasteiger partial charge in [0.25, 0.3) is 0 Å². The monoisotopic (exact) mass is 336 g/mol. The van der Waals surface area contributed by atoms with Crippen molar-refractivity contribution in [2.45, 2.75) is 39.3 Å². The molecule has 0 spiro atoms. The fraction of sp³-hybridized carbons (Fsp3) is 0.333. The molecule has 1 N–H and O–H groups in total. The van der Waals surface area contributed by atoms with Gasteiger partial charge in [0.2, 0.25) is 5.79 Å². The molecule has 0 saturated carbocycles. The van der Waals surface area contributed by atoms with Gasteiger partial charge >= 0.3 is 0 Å².